The molecule has 2 aromatic carbocycles. The van der Waals surface area contributed by atoms with Gasteiger partial charge in [-0.05, 0) is 93.0 Å². The molecule has 8 nitrogen and oxygen atoms in total. The van der Waals surface area contributed by atoms with Crippen molar-refractivity contribution >= 4 is 23.5 Å². The molecule has 0 unspecified atom stereocenters. The van der Waals surface area contributed by atoms with Crippen LogP contribution in [0.1, 0.15) is 114 Å². The summed E-state index contributed by atoms with van der Waals surface area (Å²) in [5, 5.41) is 0. The van der Waals surface area contributed by atoms with Crippen LogP contribution in [-0.2, 0) is 28.7 Å². The van der Waals surface area contributed by atoms with Gasteiger partial charge in [-0.25, -0.2) is 0 Å². The average Bonchev–Trinajstić information content (AvgIpc) is 3.71. The predicted octanol–water partition coefficient (Wildman–Crippen LogP) is 12.7. The van der Waals surface area contributed by atoms with E-state index in [1.54, 1.807) is 0 Å². The third-order valence-electron chi connectivity index (χ3n) is 10.1. The summed E-state index contributed by atoms with van der Waals surface area (Å²) in [5.41, 5.74) is 0.932. The Balaban J connectivity index is 0.000000957. The number of ketones is 2. The number of carbonyl (C=O) groups excluding carboxylic acids is 4. The quantitative estimate of drug-likeness (QED) is 0.0695. The highest BCUT2D eigenvalue weighted by atomic mass is 16.5. The van der Waals surface area contributed by atoms with E-state index in [0.29, 0.717) is 55.8 Å². The lowest BCUT2D eigenvalue weighted by Gasteiger charge is -2.18. The molecule has 6 atom stereocenters. The zero-order chi connectivity index (χ0) is 43.3. The minimum atomic E-state index is -0.172. The normalized spacial score (nSPS) is 19.2. The average molecular weight is 843 g/mol. The molecule has 0 radical (unpaired) electrons. The number of para-hydroxylation sites is 2. The van der Waals surface area contributed by atoms with E-state index < -0.39 is 0 Å². The number of allylic oxidation sites excluding steroid dienone is 8. The Hall–Kier alpha value is -4.98. The molecule has 0 aliphatic heterocycles. The highest BCUT2D eigenvalue weighted by molar-refractivity contribution is 5.98. The number of benzene rings is 2. The molecule has 0 bridgehead atoms. The number of hydrogen-bond donors (Lipinski definition) is 0. The van der Waals surface area contributed by atoms with Crippen molar-refractivity contribution in [3.8, 4) is 11.5 Å². The summed E-state index contributed by atoms with van der Waals surface area (Å²) in [5.74, 6) is 3.99. The van der Waals surface area contributed by atoms with E-state index >= 15 is 0 Å². The van der Waals surface area contributed by atoms with E-state index in [0.717, 1.165) is 62.2 Å². The van der Waals surface area contributed by atoms with Crippen molar-refractivity contribution in [2.45, 2.75) is 114 Å². The van der Waals surface area contributed by atoms with Crippen molar-refractivity contribution in [2.75, 3.05) is 27.4 Å². The number of carbonyl (C=O) groups is 4. The summed E-state index contributed by atoms with van der Waals surface area (Å²) in [6.07, 6.45) is 25.9. The highest BCUT2D eigenvalue weighted by Gasteiger charge is 2.37. The van der Waals surface area contributed by atoms with Gasteiger partial charge in [0.15, 0.2) is 5.78 Å². The molecule has 0 N–H and O–H groups in total. The number of hydrogen-bond acceptors (Lipinski definition) is 8. The van der Waals surface area contributed by atoms with Crippen molar-refractivity contribution in [1.82, 2.24) is 0 Å². The van der Waals surface area contributed by atoms with E-state index in [4.69, 9.17) is 9.47 Å². The van der Waals surface area contributed by atoms with Crippen molar-refractivity contribution in [2.24, 2.45) is 35.5 Å². The van der Waals surface area contributed by atoms with Gasteiger partial charge in [0.2, 0.25) is 0 Å². The van der Waals surface area contributed by atoms with Gasteiger partial charge in [-0.15, -0.1) is 0 Å². The van der Waals surface area contributed by atoms with Gasteiger partial charge in [-0.1, -0.05) is 134 Å². The van der Waals surface area contributed by atoms with Gasteiger partial charge >= 0.3 is 11.9 Å². The first kappa shape index (κ1) is 56.0. The van der Waals surface area contributed by atoms with E-state index in [9.17, 15) is 19.2 Å². The van der Waals surface area contributed by atoms with Crippen LogP contribution in [0.15, 0.2) is 121 Å². The Labute approximate surface area is 369 Å². The second-order valence-electron chi connectivity index (χ2n) is 15.6. The summed E-state index contributed by atoms with van der Waals surface area (Å²) in [6, 6.07) is 19.7. The van der Waals surface area contributed by atoms with Crippen LogP contribution < -0.4 is 9.47 Å². The molecule has 1 saturated carbocycles. The molecule has 4 rings (SSSR count). The van der Waals surface area contributed by atoms with Gasteiger partial charge < -0.3 is 18.9 Å². The molecule has 1 fully saturated rings. The van der Waals surface area contributed by atoms with Crippen LogP contribution in [-0.4, -0.2) is 50.9 Å². The number of esters is 2. The maximum atomic E-state index is 12.4. The smallest absolute Gasteiger partial charge is 0.305 e. The third kappa shape index (κ3) is 24.8. The van der Waals surface area contributed by atoms with Crippen LogP contribution in [0, 0.1) is 35.5 Å². The predicted molar refractivity (Wildman–Crippen MR) is 252 cm³/mol. The first-order chi connectivity index (χ1) is 28.5. The molecule has 0 heterocycles. The molecule has 338 valence electrons. The topological polar surface area (TPSA) is 105 Å². The zero-order valence-corrected chi connectivity index (χ0v) is 36.7. The minimum Gasteiger partial charge on any atom is -0.493 e. The Morgan fingerprint density at radius 3 is 1.70 bits per heavy atom. The Kier molecular flexibility index (Phi) is 31.0. The number of Topliss-reactive ketones (excluding diaryl/α,β-unsaturated/α-hetero) is 2. The lowest BCUT2D eigenvalue weighted by molar-refractivity contribution is -0.141. The summed E-state index contributed by atoms with van der Waals surface area (Å²) in [7, 11) is 2.81. The van der Waals surface area contributed by atoms with Gasteiger partial charge in [0.1, 0.15) is 17.3 Å². The lowest BCUT2D eigenvalue weighted by atomic mass is 9.86. The SMILES string of the molecule is C.C.C/C=C/[C@@H](C)COc1ccccc1.COC(=O)CCC/C=C\CC1=C[C@H](C)CC1=O.COC(=O)CCC/C=C\C[C@H]1C(=O)C[C@@H](C)[C@@H]1/C=C/[C@@H](C)COc1ccccc1. The highest BCUT2D eigenvalue weighted by Crippen LogP contribution is 2.38. The van der Waals surface area contributed by atoms with Crippen LogP contribution in [0.5, 0.6) is 11.5 Å². The van der Waals surface area contributed by atoms with Crippen molar-refractivity contribution in [3.63, 3.8) is 0 Å². The molecular formula is C53H78O8. The Morgan fingerprint density at radius 2 is 1.23 bits per heavy atom. The molecule has 0 spiro atoms. The van der Waals surface area contributed by atoms with E-state index in [2.05, 4.69) is 79.7 Å². The zero-order valence-electron chi connectivity index (χ0n) is 36.7. The molecule has 0 aromatic heterocycles. The Bertz CT molecular complexity index is 1660. The van der Waals surface area contributed by atoms with Gasteiger partial charge in [0.25, 0.3) is 0 Å². The van der Waals surface area contributed by atoms with Crippen LogP contribution in [0.25, 0.3) is 0 Å². The van der Waals surface area contributed by atoms with Crippen molar-refractivity contribution in [3.05, 3.63) is 121 Å². The summed E-state index contributed by atoms with van der Waals surface area (Å²) in [4.78, 5) is 45.9. The van der Waals surface area contributed by atoms with Gasteiger partial charge in [0.05, 0.1) is 27.4 Å². The first-order valence-electron chi connectivity index (χ1n) is 21.3. The summed E-state index contributed by atoms with van der Waals surface area (Å²) < 4.78 is 20.6. The van der Waals surface area contributed by atoms with Gasteiger partial charge in [0, 0.05) is 43.4 Å². The molecule has 2 aliphatic rings. The fraction of sp³-hybridized carbons (Fsp3) is 0.509. The summed E-state index contributed by atoms with van der Waals surface area (Å²) in [6.45, 7) is 11.9. The second-order valence-corrected chi connectivity index (χ2v) is 15.6. The molecule has 0 saturated heterocycles. The Morgan fingerprint density at radius 1 is 0.721 bits per heavy atom. The maximum Gasteiger partial charge on any atom is 0.305 e. The number of ether oxygens (including phenoxy) is 4. The maximum absolute atomic E-state index is 12.4. The fourth-order valence-corrected chi connectivity index (χ4v) is 6.80. The van der Waals surface area contributed by atoms with Crippen molar-refractivity contribution < 1.29 is 38.1 Å². The van der Waals surface area contributed by atoms with Gasteiger partial charge in [-0.2, -0.15) is 0 Å². The van der Waals surface area contributed by atoms with E-state index in [1.165, 1.54) is 14.2 Å². The van der Waals surface area contributed by atoms with E-state index in [1.807, 2.05) is 79.7 Å². The largest absolute Gasteiger partial charge is 0.493 e. The number of methoxy groups -OCH3 is 2. The molecular weight excluding hydrogens is 765 g/mol. The van der Waals surface area contributed by atoms with Crippen LogP contribution in [0.2, 0.25) is 0 Å². The first-order valence-corrected chi connectivity index (χ1v) is 21.3. The molecule has 2 aliphatic carbocycles. The van der Waals surface area contributed by atoms with Crippen molar-refractivity contribution in [1.29, 1.82) is 0 Å². The van der Waals surface area contributed by atoms with Crippen LogP contribution >= 0.6 is 0 Å². The van der Waals surface area contributed by atoms with E-state index in [-0.39, 0.29) is 50.3 Å². The number of unbranched alkanes of at least 4 members (excludes halogenated alkanes) is 2. The molecule has 61 heavy (non-hydrogen) atoms. The summed E-state index contributed by atoms with van der Waals surface area (Å²) >= 11 is 0. The molecule has 2 aromatic rings. The van der Waals surface area contributed by atoms with Gasteiger partial charge in [-0.3, -0.25) is 19.2 Å². The molecule has 0 amide bonds. The monoisotopic (exact) mass is 843 g/mol. The van der Waals surface area contributed by atoms with Crippen LogP contribution in [0.3, 0.4) is 0 Å². The standard InChI is InChI=1S/C25H34O4.C14H20O3.C12H16O.2CH4/c1-19(18-29-21-11-7-6-8-12-21)15-16-22-20(2)17-24(26)23(22)13-9-4-5-10-14-25(27)28-3;1-11-9-12(13(15)10-11)7-5-3-4-6-8-14(16)17-2;1-3-7-11(2)10-13-12-8-5-4-6-9-12;;/h4,6-9,11-12,15-16,19-20,22-23H,5,10,13-14,17-18H2,1-3H3;3,5,9,11H,4,6-8,10H2,1-2H3;3-9,11H,10H2,1-2H3;2*1H4/b9-4-,16-15+;5-3-;7-3+;;/t19-,20-,22+,23-;2*11-;;/m101../s1. The molecule has 8 heteroatoms. The lowest BCUT2D eigenvalue weighted by Crippen LogP contribution is -2.15. The minimum absolute atomic E-state index is 0. The van der Waals surface area contributed by atoms with Crippen LogP contribution in [0.4, 0.5) is 0 Å². The third-order valence-corrected chi connectivity index (χ3v) is 10.1. The second kappa shape index (κ2) is 33.7. The fourth-order valence-electron chi connectivity index (χ4n) is 6.80. The number of rotatable bonds is 21.